The monoisotopic (exact) mass is 450 g/mol. The molecule has 3 amide bonds. The number of rotatable bonds is 7. The number of amides is 3. The zero-order valence-corrected chi connectivity index (χ0v) is 18.3. The number of benzene rings is 2. The maximum Gasteiger partial charge on any atom is 0.321 e. The zero-order valence-electron chi connectivity index (χ0n) is 18.3. The molecule has 0 unspecified atom stereocenters. The first kappa shape index (κ1) is 22.5. The molecule has 2 aromatic carbocycles. The molecule has 7 nitrogen and oxygen atoms in total. The van der Waals surface area contributed by atoms with Gasteiger partial charge in [-0.3, -0.25) is 9.69 Å². The van der Waals surface area contributed by atoms with Crippen LogP contribution in [0, 0.1) is 5.82 Å². The highest BCUT2D eigenvalue weighted by Crippen LogP contribution is 2.13. The molecule has 0 saturated carbocycles. The van der Waals surface area contributed by atoms with E-state index in [1.54, 1.807) is 34.1 Å². The molecule has 1 aromatic heterocycles. The first-order chi connectivity index (χ1) is 16.1. The zero-order chi connectivity index (χ0) is 23.0. The van der Waals surface area contributed by atoms with Gasteiger partial charge in [0.25, 0.3) is 5.91 Å². The minimum Gasteiger partial charge on any atom is -0.459 e. The SMILES string of the molecule is O=C(Nc1ccccc1)N1CCN(CCN(Cc2ccc(F)cc2)C(=O)c2ccco2)CC1. The lowest BCUT2D eigenvalue weighted by Crippen LogP contribution is -2.51. The number of para-hydroxylation sites is 1. The van der Waals surface area contributed by atoms with E-state index in [0.717, 1.165) is 24.3 Å². The Morgan fingerprint density at radius 2 is 1.67 bits per heavy atom. The molecule has 1 aliphatic rings. The quantitative estimate of drug-likeness (QED) is 0.593. The second-order valence-corrected chi connectivity index (χ2v) is 7.96. The summed E-state index contributed by atoms with van der Waals surface area (Å²) in [5.74, 6) is -0.235. The normalized spacial score (nSPS) is 14.2. The summed E-state index contributed by atoms with van der Waals surface area (Å²) < 4.78 is 18.6. The van der Waals surface area contributed by atoms with Crippen molar-refractivity contribution in [2.24, 2.45) is 0 Å². The van der Waals surface area contributed by atoms with Crippen molar-refractivity contribution in [2.45, 2.75) is 6.54 Å². The Kier molecular flexibility index (Phi) is 7.36. The van der Waals surface area contributed by atoms with E-state index in [9.17, 15) is 14.0 Å². The number of hydrogen-bond donors (Lipinski definition) is 1. The number of halogens is 1. The summed E-state index contributed by atoms with van der Waals surface area (Å²) in [4.78, 5) is 31.2. The smallest absolute Gasteiger partial charge is 0.321 e. The van der Waals surface area contributed by atoms with Gasteiger partial charge in [0.15, 0.2) is 5.76 Å². The van der Waals surface area contributed by atoms with Gasteiger partial charge in [-0.05, 0) is 42.0 Å². The maximum absolute atomic E-state index is 13.3. The fourth-order valence-electron chi connectivity index (χ4n) is 3.78. The molecule has 8 heteroatoms. The topological polar surface area (TPSA) is 69.0 Å². The van der Waals surface area contributed by atoms with Gasteiger partial charge in [-0.1, -0.05) is 30.3 Å². The van der Waals surface area contributed by atoms with E-state index >= 15 is 0 Å². The number of furan rings is 1. The molecule has 0 bridgehead atoms. The van der Waals surface area contributed by atoms with Gasteiger partial charge in [-0.15, -0.1) is 0 Å². The standard InChI is InChI=1S/C25H27FN4O3/c26-21-10-8-20(9-11-21)19-30(24(31)23-7-4-18-33-23)17-14-28-12-15-29(16-13-28)25(32)27-22-5-2-1-3-6-22/h1-11,18H,12-17,19H2,(H,27,32). The largest absolute Gasteiger partial charge is 0.459 e. The van der Waals surface area contributed by atoms with E-state index in [1.165, 1.54) is 18.4 Å². The van der Waals surface area contributed by atoms with E-state index in [2.05, 4.69) is 10.2 Å². The van der Waals surface area contributed by atoms with Crippen molar-refractivity contribution >= 4 is 17.6 Å². The number of hydrogen-bond acceptors (Lipinski definition) is 4. The summed E-state index contributed by atoms with van der Waals surface area (Å²) >= 11 is 0. The summed E-state index contributed by atoms with van der Waals surface area (Å²) in [5, 5.41) is 2.92. The van der Waals surface area contributed by atoms with Crippen LogP contribution in [0.25, 0.3) is 0 Å². The fraction of sp³-hybridized carbons (Fsp3) is 0.280. The number of anilines is 1. The lowest BCUT2D eigenvalue weighted by molar-refractivity contribution is 0.0673. The second kappa shape index (κ2) is 10.8. The first-order valence-electron chi connectivity index (χ1n) is 11.0. The van der Waals surface area contributed by atoms with Crippen LogP contribution in [0.2, 0.25) is 0 Å². The molecule has 1 fully saturated rings. The van der Waals surface area contributed by atoms with E-state index in [4.69, 9.17) is 4.42 Å². The average molecular weight is 451 g/mol. The van der Waals surface area contributed by atoms with Crippen LogP contribution < -0.4 is 5.32 Å². The van der Waals surface area contributed by atoms with Crippen molar-refractivity contribution < 1.29 is 18.4 Å². The van der Waals surface area contributed by atoms with Crippen LogP contribution >= 0.6 is 0 Å². The van der Waals surface area contributed by atoms with E-state index < -0.39 is 0 Å². The lowest BCUT2D eigenvalue weighted by Gasteiger charge is -2.35. The van der Waals surface area contributed by atoms with Gasteiger partial charge in [-0.2, -0.15) is 0 Å². The molecule has 0 aliphatic carbocycles. The minimum atomic E-state index is -0.308. The summed E-state index contributed by atoms with van der Waals surface area (Å²) in [7, 11) is 0. The number of nitrogens with one attached hydrogen (secondary N) is 1. The van der Waals surface area contributed by atoms with Crippen LogP contribution in [0.4, 0.5) is 14.9 Å². The molecule has 1 N–H and O–H groups in total. The Bertz CT molecular complexity index is 1030. The van der Waals surface area contributed by atoms with Gasteiger partial charge in [0.05, 0.1) is 6.26 Å². The summed E-state index contributed by atoms with van der Waals surface area (Å²) in [5.41, 5.74) is 1.62. The maximum atomic E-state index is 13.3. The van der Waals surface area contributed by atoms with Crippen molar-refractivity contribution in [3.05, 3.63) is 90.1 Å². The summed E-state index contributed by atoms with van der Waals surface area (Å²) in [6.07, 6.45) is 1.48. The number of carbonyl (C=O) groups is 2. The molecule has 0 atom stereocenters. The Labute approximate surface area is 192 Å². The second-order valence-electron chi connectivity index (χ2n) is 7.96. The highest BCUT2D eigenvalue weighted by Gasteiger charge is 2.23. The van der Waals surface area contributed by atoms with Crippen molar-refractivity contribution in [1.29, 1.82) is 0 Å². The highest BCUT2D eigenvalue weighted by atomic mass is 19.1. The molecule has 1 aliphatic heterocycles. The molecule has 3 aromatic rings. The Balaban J connectivity index is 1.31. The number of urea groups is 1. The van der Waals surface area contributed by atoms with Crippen molar-refractivity contribution in [3.63, 3.8) is 0 Å². The Morgan fingerprint density at radius 3 is 2.33 bits per heavy atom. The molecular formula is C25H27FN4O3. The lowest BCUT2D eigenvalue weighted by atomic mass is 10.2. The van der Waals surface area contributed by atoms with Crippen molar-refractivity contribution in [3.8, 4) is 0 Å². The minimum absolute atomic E-state index is 0.105. The number of nitrogens with zero attached hydrogens (tertiary/aromatic N) is 3. The number of piperazine rings is 1. The van der Waals surface area contributed by atoms with Gasteiger partial charge in [0.2, 0.25) is 0 Å². The van der Waals surface area contributed by atoms with Gasteiger partial charge >= 0.3 is 6.03 Å². The van der Waals surface area contributed by atoms with Gasteiger partial charge in [0, 0.05) is 51.5 Å². The molecule has 0 spiro atoms. The van der Waals surface area contributed by atoms with E-state index in [-0.39, 0.29) is 23.5 Å². The molecule has 0 radical (unpaired) electrons. The summed E-state index contributed by atoms with van der Waals surface area (Å²) in [6.45, 7) is 4.20. The number of carbonyl (C=O) groups excluding carboxylic acids is 2. The van der Waals surface area contributed by atoms with E-state index in [0.29, 0.717) is 32.7 Å². The van der Waals surface area contributed by atoms with E-state index in [1.807, 2.05) is 30.3 Å². The molecule has 33 heavy (non-hydrogen) atoms. The van der Waals surface area contributed by atoms with Gasteiger partial charge in [-0.25, -0.2) is 9.18 Å². The predicted octanol–water partition coefficient (Wildman–Crippen LogP) is 3.91. The Morgan fingerprint density at radius 1 is 0.939 bits per heavy atom. The molecular weight excluding hydrogens is 423 g/mol. The third kappa shape index (κ3) is 6.20. The molecule has 172 valence electrons. The van der Waals surface area contributed by atoms with Crippen LogP contribution in [0.1, 0.15) is 16.1 Å². The van der Waals surface area contributed by atoms with Gasteiger partial charge < -0.3 is 19.5 Å². The third-order valence-corrected chi connectivity index (χ3v) is 5.68. The van der Waals surface area contributed by atoms with Crippen LogP contribution in [0.3, 0.4) is 0 Å². The van der Waals surface area contributed by atoms with Crippen molar-refractivity contribution in [1.82, 2.24) is 14.7 Å². The molecule has 1 saturated heterocycles. The Hall–Kier alpha value is -3.65. The fourth-order valence-corrected chi connectivity index (χ4v) is 3.78. The van der Waals surface area contributed by atoms with Gasteiger partial charge in [0.1, 0.15) is 5.82 Å². The molecule has 2 heterocycles. The van der Waals surface area contributed by atoms with Crippen LogP contribution in [0.15, 0.2) is 77.4 Å². The average Bonchev–Trinajstić information content (AvgIpc) is 3.38. The summed E-state index contributed by atoms with van der Waals surface area (Å²) in [6, 6.07) is 18.8. The van der Waals surface area contributed by atoms with Crippen molar-refractivity contribution in [2.75, 3.05) is 44.6 Å². The molecule has 4 rings (SSSR count). The first-order valence-corrected chi connectivity index (χ1v) is 11.0. The third-order valence-electron chi connectivity index (χ3n) is 5.68. The van der Waals surface area contributed by atoms with Crippen LogP contribution in [0.5, 0.6) is 0 Å². The van der Waals surface area contributed by atoms with Crippen LogP contribution in [-0.4, -0.2) is 65.9 Å². The highest BCUT2D eigenvalue weighted by molar-refractivity contribution is 5.91. The predicted molar refractivity (Wildman–Crippen MR) is 123 cm³/mol. The van der Waals surface area contributed by atoms with Crippen LogP contribution in [-0.2, 0) is 6.54 Å².